The first-order valence-electron chi connectivity index (χ1n) is 7.79. The number of anilines is 4. The van der Waals surface area contributed by atoms with Gasteiger partial charge in [-0.25, -0.2) is 0 Å². The first-order chi connectivity index (χ1) is 12.3. The number of aromatic nitrogens is 3. The number of rotatable bonds is 4. The topological polar surface area (TPSA) is 62.7 Å². The maximum atomic E-state index is 12.6. The molecule has 8 heteroatoms. The van der Waals surface area contributed by atoms with E-state index in [1.54, 1.807) is 0 Å². The lowest BCUT2D eigenvalue weighted by atomic mass is 10.1. The van der Waals surface area contributed by atoms with Crippen molar-refractivity contribution in [2.75, 3.05) is 10.6 Å². The van der Waals surface area contributed by atoms with E-state index in [1.165, 1.54) is 18.3 Å². The van der Waals surface area contributed by atoms with E-state index in [4.69, 9.17) is 0 Å². The Morgan fingerprint density at radius 1 is 0.923 bits per heavy atom. The second-order valence-electron chi connectivity index (χ2n) is 5.81. The summed E-state index contributed by atoms with van der Waals surface area (Å²) in [7, 11) is 0. The van der Waals surface area contributed by atoms with Crippen molar-refractivity contribution >= 4 is 23.1 Å². The molecule has 2 N–H and O–H groups in total. The number of aryl methyl sites for hydroxylation is 2. The molecule has 0 atom stereocenters. The predicted octanol–water partition coefficient (Wildman–Crippen LogP) is 4.99. The molecule has 5 nitrogen and oxygen atoms in total. The monoisotopic (exact) mass is 359 g/mol. The zero-order valence-corrected chi connectivity index (χ0v) is 14.1. The van der Waals surface area contributed by atoms with Crippen molar-refractivity contribution in [2.24, 2.45) is 0 Å². The normalized spacial score (nSPS) is 11.3. The quantitative estimate of drug-likeness (QED) is 0.687. The van der Waals surface area contributed by atoms with Gasteiger partial charge in [0.1, 0.15) is 0 Å². The molecule has 0 aliphatic carbocycles. The van der Waals surface area contributed by atoms with Gasteiger partial charge in [0.25, 0.3) is 0 Å². The average Bonchev–Trinajstić information content (AvgIpc) is 2.58. The van der Waals surface area contributed by atoms with Gasteiger partial charge in [0, 0.05) is 11.4 Å². The third-order valence-electron chi connectivity index (χ3n) is 3.68. The lowest BCUT2D eigenvalue weighted by Crippen LogP contribution is -2.05. The van der Waals surface area contributed by atoms with Crippen molar-refractivity contribution in [1.29, 1.82) is 0 Å². The lowest BCUT2D eigenvalue weighted by Gasteiger charge is -2.11. The molecular formula is C18H16F3N5. The highest BCUT2D eigenvalue weighted by molar-refractivity contribution is 5.62. The molecule has 0 saturated carbocycles. The van der Waals surface area contributed by atoms with Gasteiger partial charge < -0.3 is 10.6 Å². The van der Waals surface area contributed by atoms with Crippen LogP contribution in [0.15, 0.2) is 48.7 Å². The molecule has 1 heterocycles. The molecule has 0 bridgehead atoms. The molecule has 3 aromatic rings. The zero-order chi connectivity index (χ0) is 18.7. The van der Waals surface area contributed by atoms with Crippen LogP contribution in [-0.2, 0) is 6.18 Å². The van der Waals surface area contributed by atoms with Crippen molar-refractivity contribution < 1.29 is 13.2 Å². The minimum absolute atomic E-state index is 0.181. The molecule has 2 aromatic carbocycles. The van der Waals surface area contributed by atoms with Crippen LogP contribution in [0.25, 0.3) is 0 Å². The third-order valence-corrected chi connectivity index (χ3v) is 3.68. The fourth-order valence-corrected chi connectivity index (χ4v) is 2.30. The van der Waals surface area contributed by atoms with Gasteiger partial charge in [-0.15, -0.1) is 5.10 Å². The van der Waals surface area contributed by atoms with Crippen molar-refractivity contribution in [3.63, 3.8) is 0 Å². The van der Waals surface area contributed by atoms with Crippen molar-refractivity contribution in [3.8, 4) is 0 Å². The number of nitrogens with zero attached hydrogens (tertiary/aromatic N) is 3. The highest BCUT2D eigenvalue weighted by Crippen LogP contribution is 2.30. The van der Waals surface area contributed by atoms with Crippen LogP contribution in [0.1, 0.15) is 16.7 Å². The van der Waals surface area contributed by atoms with E-state index in [-0.39, 0.29) is 5.95 Å². The molecule has 0 amide bonds. The van der Waals surface area contributed by atoms with Crippen LogP contribution in [0, 0.1) is 13.8 Å². The Kier molecular flexibility index (Phi) is 4.75. The molecule has 0 unspecified atom stereocenters. The maximum absolute atomic E-state index is 12.6. The van der Waals surface area contributed by atoms with Crippen LogP contribution in [-0.4, -0.2) is 15.2 Å². The summed E-state index contributed by atoms with van der Waals surface area (Å²) >= 11 is 0. The van der Waals surface area contributed by atoms with Crippen LogP contribution in [0.2, 0.25) is 0 Å². The second-order valence-corrected chi connectivity index (χ2v) is 5.81. The van der Waals surface area contributed by atoms with E-state index < -0.39 is 11.7 Å². The molecule has 0 radical (unpaired) electrons. The summed E-state index contributed by atoms with van der Waals surface area (Å²) in [5, 5.41) is 13.7. The van der Waals surface area contributed by atoms with E-state index in [0.29, 0.717) is 11.5 Å². The fourth-order valence-electron chi connectivity index (χ4n) is 2.30. The first kappa shape index (κ1) is 17.7. The number of benzene rings is 2. The van der Waals surface area contributed by atoms with Crippen molar-refractivity contribution in [1.82, 2.24) is 15.2 Å². The molecule has 1 aromatic heterocycles. The van der Waals surface area contributed by atoms with E-state index in [0.717, 1.165) is 28.9 Å². The summed E-state index contributed by atoms with van der Waals surface area (Å²) in [5.41, 5.74) is 2.76. The van der Waals surface area contributed by atoms with Crippen LogP contribution < -0.4 is 10.6 Å². The second kappa shape index (κ2) is 6.99. The Hall–Kier alpha value is -3.16. The molecule has 134 valence electrons. The highest BCUT2D eigenvalue weighted by atomic mass is 19.4. The molecule has 0 fully saturated rings. The Balaban J connectivity index is 1.76. The Labute approximate surface area is 148 Å². The maximum Gasteiger partial charge on any atom is 0.416 e. The number of hydrogen-bond acceptors (Lipinski definition) is 5. The van der Waals surface area contributed by atoms with Crippen LogP contribution in [0.3, 0.4) is 0 Å². The zero-order valence-electron chi connectivity index (χ0n) is 14.1. The molecule has 0 spiro atoms. The van der Waals surface area contributed by atoms with E-state index in [2.05, 4.69) is 25.8 Å². The third kappa shape index (κ3) is 4.27. The Morgan fingerprint density at radius 2 is 1.65 bits per heavy atom. The molecular weight excluding hydrogens is 343 g/mol. The Bertz CT molecular complexity index is 907. The summed E-state index contributed by atoms with van der Waals surface area (Å²) in [6.07, 6.45) is -2.90. The molecule has 3 rings (SSSR count). The number of nitrogens with one attached hydrogen (secondary N) is 2. The molecule has 0 saturated heterocycles. The lowest BCUT2D eigenvalue weighted by molar-refractivity contribution is -0.137. The standard InChI is InChI=1S/C18H16F3N5/c1-11-3-4-12(2)15(9-11)24-16-10-22-26-17(25-16)23-14-7-5-13(6-8-14)18(19,20)21/h3-10H,1-2H3,(H2,23,24,25,26). The van der Waals surface area contributed by atoms with Gasteiger partial charge in [-0.05, 0) is 55.3 Å². The SMILES string of the molecule is Cc1ccc(C)c(Nc2cnnc(Nc3ccc(C(F)(F)F)cc3)n2)c1. The average molecular weight is 359 g/mol. The van der Waals surface area contributed by atoms with Gasteiger partial charge in [-0.2, -0.15) is 23.3 Å². The predicted molar refractivity (Wildman–Crippen MR) is 93.8 cm³/mol. The minimum Gasteiger partial charge on any atom is -0.339 e. The summed E-state index contributed by atoms with van der Waals surface area (Å²) in [6, 6.07) is 10.6. The van der Waals surface area contributed by atoms with Crippen LogP contribution in [0.4, 0.5) is 36.3 Å². The summed E-state index contributed by atoms with van der Waals surface area (Å²) in [5.74, 6) is 0.656. The minimum atomic E-state index is -4.37. The summed E-state index contributed by atoms with van der Waals surface area (Å²) < 4.78 is 37.8. The van der Waals surface area contributed by atoms with Gasteiger partial charge in [0.05, 0.1) is 11.8 Å². The molecule has 0 aliphatic rings. The fraction of sp³-hybridized carbons (Fsp3) is 0.167. The van der Waals surface area contributed by atoms with Crippen LogP contribution in [0.5, 0.6) is 0 Å². The summed E-state index contributed by atoms with van der Waals surface area (Å²) in [6.45, 7) is 3.96. The van der Waals surface area contributed by atoms with Crippen LogP contribution >= 0.6 is 0 Å². The van der Waals surface area contributed by atoms with Gasteiger partial charge in [0.2, 0.25) is 5.95 Å². The van der Waals surface area contributed by atoms with Gasteiger partial charge >= 0.3 is 6.18 Å². The van der Waals surface area contributed by atoms with E-state index >= 15 is 0 Å². The smallest absolute Gasteiger partial charge is 0.339 e. The van der Waals surface area contributed by atoms with Crippen molar-refractivity contribution in [2.45, 2.75) is 20.0 Å². The number of hydrogen-bond donors (Lipinski definition) is 2. The Morgan fingerprint density at radius 3 is 2.35 bits per heavy atom. The van der Waals surface area contributed by atoms with Crippen molar-refractivity contribution in [3.05, 3.63) is 65.4 Å². The van der Waals surface area contributed by atoms with Gasteiger partial charge in [-0.1, -0.05) is 12.1 Å². The molecule has 26 heavy (non-hydrogen) atoms. The molecule has 0 aliphatic heterocycles. The first-order valence-corrected chi connectivity index (χ1v) is 7.79. The largest absolute Gasteiger partial charge is 0.416 e. The highest BCUT2D eigenvalue weighted by Gasteiger charge is 2.29. The summed E-state index contributed by atoms with van der Waals surface area (Å²) in [4.78, 5) is 4.29. The number of alkyl halides is 3. The van der Waals surface area contributed by atoms with Gasteiger partial charge in [0.15, 0.2) is 5.82 Å². The van der Waals surface area contributed by atoms with Gasteiger partial charge in [-0.3, -0.25) is 0 Å². The number of halogens is 3. The van der Waals surface area contributed by atoms with E-state index in [1.807, 2.05) is 32.0 Å². The van der Waals surface area contributed by atoms with E-state index in [9.17, 15) is 13.2 Å².